The first-order valence-corrected chi connectivity index (χ1v) is 12.0. The molecule has 2 aromatic heterocycles. The van der Waals surface area contributed by atoms with Crippen molar-refractivity contribution in [3.8, 4) is 17.0 Å². The van der Waals surface area contributed by atoms with Crippen LogP contribution in [0.4, 0.5) is 18.9 Å². The fourth-order valence-corrected chi connectivity index (χ4v) is 5.25. The van der Waals surface area contributed by atoms with E-state index >= 15 is 0 Å². The first-order chi connectivity index (χ1) is 17.3. The van der Waals surface area contributed by atoms with Gasteiger partial charge in [0.2, 0.25) is 0 Å². The number of hydrogen-bond donors (Lipinski definition) is 3. The van der Waals surface area contributed by atoms with E-state index in [4.69, 9.17) is 10.5 Å². The number of ether oxygens (including phenoxy) is 1. The van der Waals surface area contributed by atoms with Gasteiger partial charge in [-0.3, -0.25) is 4.79 Å². The summed E-state index contributed by atoms with van der Waals surface area (Å²) in [5.41, 5.74) is 4.34. The summed E-state index contributed by atoms with van der Waals surface area (Å²) in [4.78, 5) is 18.7. The van der Waals surface area contributed by atoms with E-state index in [1.165, 1.54) is 10.7 Å². The number of rotatable bonds is 4. The Labute approximate surface area is 210 Å². The highest BCUT2D eigenvalue weighted by Crippen LogP contribution is 2.45. The van der Waals surface area contributed by atoms with Crippen LogP contribution >= 0.6 is 0 Å². The third-order valence-electron chi connectivity index (χ3n) is 7.39. The minimum absolute atomic E-state index is 0.0835. The van der Waals surface area contributed by atoms with Crippen LogP contribution in [0, 0.1) is 5.92 Å². The number of fused-ring (bicyclic) bond motifs is 2. The van der Waals surface area contributed by atoms with Crippen LogP contribution in [0.5, 0.6) is 5.75 Å². The molecule has 0 unspecified atom stereocenters. The number of benzene rings is 1. The topological polar surface area (TPSA) is 126 Å². The molecule has 4 N–H and O–H groups in total. The lowest BCUT2D eigenvalue weighted by atomic mass is 9.81. The van der Waals surface area contributed by atoms with Crippen LogP contribution < -0.4 is 15.4 Å². The van der Waals surface area contributed by atoms with Crippen LogP contribution in [0.25, 0.3) is 16.9 Å². The van der Waals surface area contributed by atoms with Crippen molar-refractivity contribution in [3.63, 3.8) is 0 Å². The molecule has 4 heterocycles. The Balaban J connectivity index is 1.60. The molecule has 0 saturated carbocycles. The molecule has 0 aliphatic carbocycles. The molecule has 37 heavy (non-hydrogen) atoms. The summed E-state index contributed by atoms with van der Waals surface area (Å²) in [5, 5.41) is 25.3. The molecule has 0 bridgehead atoms. The number of carbonyl (C=O) groups is 1. The summed E-state index contributed by atoms with van der Waals surface area (Å²) in [6, 6.07) is 5.21. The Hall–Kier alpha value is -3.38. The predicted octanol–water partition coefficient (Wildman–Crippen LogP) is 2.71. The number of anilines is 1. The van der Waals surface area contributed by atoms with Crippen LogP contribution in [-0.2, 0) is 6.42 Å². The molecule has 1 saturated heterocycles. The summed E-state index contributed by atoms with van der Waals surface area (Å²) in [6.07, 6.45) is -1.08. The zero-order valence-electron chi connectivity index (χ0n) is 20.4. The zero-order chi connectivity index (χ0) is 26.8. The number of piperidine rings is 1. The molecule has 0 spiro atoms. The molecule has 5 rings (SSSR count). The van der Waals surface area contributed by atoms with Gasteiger partial charge in [0.25, 0.3) is 5.91 Å². The number of nitrogens with zero attached hydrogens (tertiary/aromatic N) is 4. The van der Waals surface area contributed by atoms with Crippen molar-refractivity contribution in [2.24, 2.45) is 11.7 Å². The number of aromatic nitrogens is 3. The number of halogens is 3. The van der Waals surface area contributed by atoms with Gasteiger partial charge in [0.05, 0.1) is 5.60 Å². The SMILES string of the molecule is C[C@]1(O)COc2cc(N3CCC([C@@](C)(O)C(F)(F)F)CC3)c(-c3nn4cccnc4c3C(N)=O)cc2C1. The normalized spacial score (nSPS) is 22.4. The van der Waals surface area contributed by atoms with Gasteiger partial charge in [-0.05, 0) is 50.3 Å². The Morgan fingerprint density at radius 2 is 1.97 bits per heavy atom. The maximum atomic E-state index is 13.4. The number of primary amides is 1. The number of alkyl halides is 3. The maximum absolute atomic E-state index is 13.4. The molecular formula is C25H28F3N5O4. The molecule has 3 aromatic rings. The first kappa shape index (κ1) is 25.3. The molecule has 1 fully saturated rings. The van der Waals surface area contributed by atoms with Crippen LogP contribution in [0.3, 0.4) is 0 Å². The van der Waals surface area contributed by atoms with E-state index in [9.17, 15) is 28.2 Å². The Kier molecular flexibility index (Phi) is 5.87. The molecule has 2 aliphatic rings. The average Bonchev–Trinajstić information content (AvgIpc) is 3.22. The number of amides is 1. The predicted molar refractivity (Wildman–Crippen MR) is 128 cm³/mol. The molecule has 1 aromatic carbocycles. The molecule has 2 atom stereocenters. The minimum Gasteiger partial charge on any atom is -0.490 e. The van der Waals surface area contributed by atoms with Crippen LogP contribution in [0.2, 0.25) is 0 Å². The van der Waals surface area contributed by atoms with Gasteiger partial charge in [0.1, 0.15) is 23.6 Å². The number of aliphatic hydroxyl groups is 2. The zero-order valence-corrected chi connectivity index (χ0v) is 20.4. The Morgan fingerprint density at radius 1 is 1.27 bits per heavy atom. The highest BCUT2D eigenvalue weighted by molar-refractivity contribution is 6.06. The number of nitrogens with two attached hydrogens (primary N) is 1. The second-order valence-corrected chi connectivity index (χ2v) is 10.3. The highest BCUT2D eigenvalue weighted by Gasteiger charge is 2.55. The van der Waals surface area contributed by atoms with Gasteiger partial charge in [-0.25, -0.2) is 9.50 Å². The summed E-state index contributed by atoms with van der Waals surface area (Å²) in [7, 11) is 0. The smallest absolute Gasteiger partial charge is 0.417 e. The largest absolute Gasteiger partial charge is 0.490 e. The van der Waals surface area contributed by atoms with Crippen LogP contribution in [0.1, 0.15) is 42.6 Å². The van der Waals surface area contributed by atoms with E-state index in [0.29, 0.717) is 29.0 Å². The lowest BCUT2D eigenvalue weighted by Gasteiger charge is -2.41. The molecule has 0 radical (unpaired) electrons. The molecule has 2 aliphatic heterocycles. The van der Waals surface area contributed by atoms with Crippen molar-refractivity contribution < 1.29 is 32.9 Å². The van der Waals surface area contributed by atoms with Gasteiger partial charge < -0.3 is 25.6 Å². The van der Waals surface area contributed by atoms with Gasteiger partial charge in [-0.2, -0.15) is 18.3 Å². The van der Waals surface area contributed by atoms with Crippen molar-refractivity contribution in [1.82, 2.24) is 14.6 Å². The lowest BCUT2D eigenvalue weighted by molar-refractivity contribution is -0.273. The van der Waals surface area contributed by atoms with Gasteiger partial charge in [0, 0.05) is 49.2 Å². The fraction of sp³-hybridized carbons (Fsp3) is 0.480. The van der Waals surface area contributed by atoms with Crippen molar-refractivity contribution in [3.05, 3.63) is 41.7 Å². The van der Waals surface area contributed by atoms with Crippen LogP contribution in [0.15, 0.2) is 30.6 Å². The third-order valence-corrected chi connectivity index (χ3v) is 7.39. The second-order valence-electron chi connectivity index (χ2n) is 10.3. The van der Waals surface area contributed by atoms with Crippen molar-refractivity contribution >= 4 is 17.2 Å². The summed E-state index contributed by atoms with van der Waals surface area (Å²) >= 11 is 0. The molecular weight excluding hydrogens is 491 g/mol. The molecule has 198 valence electrons. The third kappa shape index (κ3) is 4.37. The second kappa shape index (κ2) is 8.59. The Bertz CT molecular complexity index is 1360. The Morgan fingerprint density at radius 3 is 2.62 bits per heavy atom. The van der Waals surface area contributed by atoms with E-state index < -0.39 is 29.2 Å². The summed E-state index contributed by atoms with van der Waals surface area (Å²) in [6.45, 7) is 3.03. The lowest BCUT2D eigenvalue weighted by Crippen LogP contribution is -2.52. The van der Waals surface area contributed by atoms with Crippen molar-refractivity contribution in [2.45, 2.75) is 50.5 Å². The monoisotopic (exact) mass is 519 g/mol. The van der Waals surface area contributed by atoms with Gasteiger partial charge in [-0.1, -0.05) is 0 Å². The quantitative estimate of drug-likeness (QED) is 0.484. The standard InChI is InChI=1S/C25H28F3N5O4/c1-23(35)12-14-10-16(20-19(21(29)34)22-30-6-3-7-33(22)31-20)17(11-18(14)37-13-23)32-8-4-15(5-9-32)24(2,36)25(26,27)28/h3,6-7,10-11,15,35-36H,4-5,8-9,12-13H2,1-2H3,(H2,29,34)/t23-,24-/m1/s1. The van der Waals surface area contributed by atoms with Gasteiger partial charge >= 0.3 is 6.18 Å². The molecule has 9 nitrogen and oxygen atoms in total. The number of hydrogen-bond acceptors (Lipinski definition) is 7. The van der Waals surface area contributed by atoms with E-state index in [0.717, 1.165) is 6.92 Å². The van der Waals surface area contributed by atoms with E-state index in [-0.39, 0.29) is 49.4 Å². The maximum Gasteiger partial charge on any atom is 0.417 e. The molecule has 1 amide bonds. The van der Waals surface area contributed by atoms with Crippen molar-refractivity contribution in [2.75, 3.05) is 24.6 Å². The van der Waals surface area contributed by atoms with E-state index in [1.807, 2.05) is 4.90 Å². The number of carbonyl (C=O) groups excluding carboxylic acids is 1. The average molecular weight is 520 g/mol. The van der Waals surface area contributed by atoms with E-state index in [1.54, 1.807) is 31.3 Å². The van der Waals surface area contributed by atoms with E-state index in [2.05, 4.69) is 10.1 Å². The fourth-order valence-electron chi connectivity index (χ4n) is 5.25. The first-order valence-electron chi connectivity index (χ1n) is 12.0. The molecule has 12 heteroatoms. The van der Waals surface area contributed by atoms with Crippen LogP contribution in [-0.4, -0.2) is 67.8 Å². The summed E-state index contributed by atoms with van der Waals surface area (Å²) < 4.78 is 47.6. The van der Waals surface area contributed by atoms with Crippen molar-refractivity contribution in [1.29, 1.82) is 0 Å². The minimum atomic E-state index is -4.73. The highest BCUT2D eigenvalue weighted by atomic mass is 19.4. The van der Waals surface area contributed by atoms with Gasteiger partial charge in [-0.15, -0.1) is 0 Å². The van der Waals surface area contributed by atoms with Gasteiger partial charge in [0.15, 0.2) is 11.2 Å². The summed E-state index contributed by atoms with van der Waals surface area (Å²) in [5.74, 6) is -1.15.